The van der Waals surface area contributed by atoms with Gasteiger partial charge in [0, 0.05) is 15.4 Å². The van der Waals surface area contributed by atoms with Crippen LogP contribution in [0.4, 0.5) is 0 Å². The second-order valence-electron chi connectivity index (χ2n) is 3.87. The number of halogens is 1. The normalized spacial score (nSPS) is 11.7. The maximum atomic E-state index is 11.8. The number of benzene rings is 1. The fourth-order valence-electron chi connectivity index (χ4n) is 1.74. The molecule has 0 unspecified atom stereocenters. The maximum Gasteiger partial charge on any atom is 0.348 e. The smallest absolute Gasteiger partial charge is 0.348 e. The summed E-state index contributed by atoms with van der Waals surface area (Å²) in [6.45, 7) is 3.79. The highest BCUT2D eigenvalue weighted by Gasteiger charge is 2.18. The van der Waals surface area contributed by atoms with Gasteiger partial charge in [-0.05, 0) is 43.0 Å². The molecule has 0 aliphatic heterocycles. The largest absolute Gasteiger partial charge is 0.462 e. The molecule has 0 spiro atoms. The topological polar surface area (TPSA) is 60.4 Å². The molecule has 0 saturated carbocycles. The Morgan fingerprint density at radius 2 is 2.11 bits per heavy atom. The van der Waals surface area contributed by atoms with Crippen LogP contribution >= 0.6 is 22.0 Å². The molecule has 1 aromatic heterocycles. The fourth-order valence-corrected chi connectivity index (χ4v) is 3.60. The summed E-state index contributed by atoms with van der Waals surface area (Å²) in [7, 11) is 1.54. The van der Waals surface area contributed by atoms with Crippen molar-refractivity contribution in [2.24, 2.45) is 0 Å². The number of aryl methyl sites for hydroxylation is 1. The molecule has 2 rings (SSSR count). The van der Waals surface area contributed by atoms with E-state index in [9.17, 15) is 13.2 Å². The number of rotatable bonds is 3. The van der Waals surface area contributed by atoms with Crippen molar-refractivity contribution in [3.05, 3.63) is 28.6 Å². The molecule has 0 amide bonds. The van der Waals surface area contributed by atoms with Crippen molar-refractivity contribution in [1.29, 1.82) is 0 Å². The van der Waals surface area contributed by atoms with Crippen LogP contribution in [0.15, 0.2) is 23.1 Å². The average molecular weight is 319 g/mol. The average Bonchev–Trinajstić information content (AvgIpc) is 2.66. The molecule has 0 atom stereocenters. The lowest BCUT2D eigenvalue weighted by atomic mass is 10.1. The molecule has 1 heterocycles. The second kappa shape index (κ2) is 5.11. The van der Waals surface area contributed by atoms with Crippen molar-refractivity contribution < 1.29 is 17.9 Å². The number of ether oxygens (including phenoxy) is 1. The van der Waals surface area contributed by atoms with Crippen molar-refractivity contribution >= 4 is 47.1 Å². The van der Waals surface area contributed by atoms with Gasteiger partial charge in [0.1, 0.15) is 4.88 Å². The third-order valence-electron chi connectivity index (χ3n) is 2.65. The van der Waals surface area contributed by atoms with Crippen molar-refractivity contribution in [3.8, 4) is 0 Å². The van der Waals surface area contributed by atoms with E-state index in [0.717, 1.165) is 4.70 Å². The van der Waals surface area contributed by atoms with Crippen molar-refractivity contribution in [1.82, 2.24) is 0 Å². The van der Waals surface area contributed by atoms with E-state index in [1.54, 1.807) is 19.9 Å². The molecule has 0 aliphatic rings. The van der Waals surface area contributed by atoms with E-state index in [0.29, 0.717) is 22.4 Å². The summed E-state index contributed by atoms with van der Waals surface area (Å²) in [5.74, 6) is -0.392. The maximum absolute atomic E-state index is 11.8. The Balaban J connectivity index is 2.62. The van der Waals surface area contributed by atoms with Crippen LogP contribution in [0.5, 0.6) is 0 Å². The molecule has 0 fully saturated rings. The molecule has 1 aromatic carbocycles. The van der Waals surface area contributed by atoms with E-state index in [1.165, 1.54) is 23.5 Å². The van der Waals surface area contributed by atoms with Crippen molar-refractivity contribution in [2.45, 2.75) is 18.7 Å². The number of carbonyl (C=O) groups is 1. The number of esters is 1. The molecule has 0 bridgehead atoms. The van der Waals surface area contributed by atoms with Gasteiger partial charge in [-0.1, -0.05) is 0 Å². The Hall–Kier alpha value is -1.11. The third-order valence-corrected chi connectivity index (χ3v) is 5.25. The minimum Gasteiger partial charge on any atom is -0.462 e. The van der Waals surface area contributed by atoms with Crippen LogP contribution in [0.1, 0.15) is 22.2 Å². The number of fused-ring (bicyclic) bond motifs is 1. The first-order valence-electron chi connectivity index (χ1n) is 5.49. The molecule has 4 nitrogen and oxygen atoms in total. The molecule has 2 aromatic rings. The van der Waals surface area contributed by atoms with Crippen LogP contribution in [0.2, 0.25) is 0 Å². The summed E-state index contributed by atoms with van der Waals surface area (Å²) >= 11 is 1.28. The van der Waals surface area contributed by atoms with Crippen molar-refractivity contribution in [3.63, 3.8) is 0 Å². The van der Waals surface area contributed by atoms with E-state index in [1.807, 2.05) is 0 Å². The molecular formula is C12H11ClO4S2. The van der Waals surface area contributed by atoms with Gasteiger partial charge in [-0.25, -0.2) is 13.2 Å². The number of thiophene rings is 1. The summed E-state index contributed by atoms with van der Waals surface area (Å²) in [6, 6.07) is 4.55. The Kier molecular flexibility index (Phi) is 3.85. The monoisotopic (exact) mass is 318 g/mol. The van der Waals surface area contributed by atoms with E-state index < -0.39 is 15.0 Å². The van der Waals surface area contributed by atoms with Gasteiger partial charge in [-0.15, -0.1) is 11.3 Å². The Morgan fingerprint density at radius 3 is 2.68 bits per heavy atom. The zero-order valence-corrected chi connectivity index (χ0v) is 12.7. The van der Waals surface area contributed by atoms with Gasteiger partial charge in [0.2, 0.25) is 0 Å². The van der Waals surface area contributed by atoms with Crippen LogP contribution in [0.3, 0.4) is 0 Å². The number of hydrogen-bond donors (Lipinski definition) is 0. The molecule has 0 saturated heterocycles. The van der Waals surface area contributed by atoms with Gasteiger partial charge >= 0.3 is 5.97 Å². The van der Waals surface area contributed by atoms with Gasteiger partial charge < -0.3 is 4.74 Å². The molecule has 102 valence electrons. The van der Waals surface area contributed by atoms with Gasteiger partial charge in [-0.2, -0.15) is 0 Å². The molecule has 0 radical (unpaired) electrons. The van der Waals surface area contributed by atoms with Crippen molar-refractivity contribution in [2.75, 3.05) is 6.61 Å². The minimum atomic E-state index is -3.77. The minimum absolute atomic E-state index is 0.0259. The number of carbonyl (C=O) groups excluding carboxylic acids is 1. The van der Waals surface area contributed by atoms with Crippen LogP contribution < -0.4 is 0 Å². The lowest BCUT2D eigenvalue weighted by Gasteiger charge is -1.99. The Bertz CT molecular complexity index is 746. The predicted molar refractivity (Wildman–Crippen MR) is 75.6 cm³/mol. The van der Waals surface area contributed by atoms with Gasteiger partial charge in [0.25, 0.3) is 9.05 Å². The Labute approximate surface area is 119 Å². The number of hydrogen-bond acceptors (Lipinski definition) is 5. The molecule has 0 N–H and O–H groups in total. The summed E-state index contributed by atoms with van der Waals surface area (Å²) in [4.78, 5) is 12.3. The van der Waals surface area contributed by atoms with Crippen LogP contribution in [0, 0.1) is 6.92 Å². The highest BCUT2D eigenvalue weighted by Crippen LogP contribution is 2.33. The van der Waals surface area contributed by atoms with E-state index >= 15 is 0 Å². The van der Waals surface area contributed by atoms with Crippen LogP contribution in [0.25, 0.3) is 10.1 Å². The van der Waals surface area contributed by atoms with E-state index in [2.05, 4.69) is 0 Å². The molecule has 0 aliphatic carbocycles. The molecule has 19 heavy (non-hydrogen) atoms. The lowest BCUT2D eigenvalue weighted by molar-refractivity contribution is 0.0531. The predicted octanol–water partition coefficient (Wildman–Crippen LogP) is 3.31. The highest BCUT2D eigenvalue weighted by molar-refractivity contribution is 8.13. The highest BCUT2D eigenvalue weighted by atomic mass is 35.7. The summed E-state index contributed by atoms with van der Waals surface area (Å²) < 4.78 is 28.4. The first-order chi connectivity index (χ1) is 8.84. The zero-order valence-electron chi connectivity index (χ0n) is 10.3. The Morgan fingerprint density at radius 1 is 1.42 bits per heavy atom. The zero-order chi connectivity index (χ0) is 14.2. The lowest BCUT2D eigenvalue weighted by Crippen LogP contribution is -2.03. The van der Waals surface area contributed by atoms with E-state index in [-0.39, 0.29) is 4.90 Å². The molecule has 7 heteroatoms. The van der Waals surface area contributed by atoms with Gasteiger partial charge in [0.15, 0.2) is 0 Å². The summed E-state index contributed by atoms with van der Waals surface area (Å²) in [5, 5.41) is 0.703. The van der Waals surface area contributed by atoms with E-state index in [4.69, 9.17) is 15.4 Å². The SMILES string of the molecule is CCOC(=O)c1sc2ccc(S(=O)(=O)Cl)cc2c1C. The van der Waals surface area contributed by atoms with Gasteiger partial charge in [0.05, 0.1) is 11.5 Å². The first kappa shape index (κ1) is 14.3. The third kappa shape index (κ3) is 2.75. The van der Waals surface area contributed by atoms with Crippen LogP contribution in [-0.2, 0) is 13.8 Å². The van der Waals surface area contributed by atoms with Crippen LogP contribution in [-0.4, -0.2) is 21.0 Å². The standard InChI is InChI=1S/C12H11ClO4S2/c1-3-17-12(14)11-7(2)9-6-8(19(13,15)16)4-5-10(9)18-11/h4-6H,3H2,1-2H3. The summed E-state index contributed by atoms with van der Waals surface area (Å²) in [6.07, 6.45) is 0. The van der Waals surface area contributed by atoms with Gasteiger partial charge in [-0.3, -0.25) is 0 Å². The summed E-state index contributed by atoms with van der Waals surface area (Å²) in [5.41, 5.74) is 0.709. The second-order valence-corrected chi connectivity index (χ2v) is 7.49. The fraction of sp³-hybridized carbons (Fsp3) is 0.250. The molecular weight excluding hydrogens is 308 g/mol. The first-order valence-corrected chi connectivity index (χ1v) is 8.62. The quantitative estimate of drug-likeness (QED) is 0.643.